The van der Waals surface area contributed by atoms with Crippen molar-refractivity contribution < 1.29 is 14.3 Å². The van der Waals surface area contributed by atoms with Crippen molar-refractivity contribution >= 4 is 17.5 Å². The van der Waals surface area contributed by atoms with Crippen molar-refractivity contribution in [3.05, 3.63) is 23.8 Å². The van der Waals surface area contributed by atoms with Gasteiger partial charge in [0.15, 0.2) is 0 Å². The minimum atomic E-state index is -0.284. The molecule has 0 bridgehead atoms. The van der Waals surface area contributed by atoms with E-state index in [1.54, 1.807) is 0 Å². The molecule has 0 radical (unpaired) electrons. The first kappa shape index (κ1) is 15.4. The van der Waals surface area contributed by atoms with Gasteiger partial charge in [-0.25, -0.2) is 0 Å². The summed E-state index contributed by atoms with van der Waals surface area (Å²) < 4.78 is 6.02. The summed E-state index contributed by atoms with van der Waals surface area (Å²) in [7, 11) is 0. The van der Waals surface area contributed by atoms with Gasteiger partial charge in [0.25, 0.3) is 0 Å². The highest BCUT2D eigenvalue weighted by Gasteiger charge is 2.35. The van der Waals surface area contributed by atoms with E-state index in [0.29, 0.717) is 31.9 Å². The number of amides is 2. The molecule has 4 rings (SSSR count). The molecule has 3 heterocycles. The van der Waals surface area contributed by atoms with Crippen molar-refractivity contribution in [2.75, 3.05) is 31.1 Å². The molecule has 0 aliphatic carbocycles. The summed E-state index contributed by atoms with van der Waals surface area (Å²) in [5.41, 5.74) is 2.25. The number of anilines is 1. The maximum atomic E-state index is 12.3. The van der Waals surface area contributed by atoms with Crippen LogP contribution in [0, 0.1) is 0 Å². The highest BCUT2D eigenvalue weighted by Crippen LogP contribution is 2.42. The Bertz CT molecular complexity index is 655. The Kier molecular flexibility index (Phi) is 4.14. The lowest BCUT2D eigenvalue weighted by Crippen LogP contribution is -2.54. The monoisotopic (exact) mass is 329 g/mol. The smallest absolute Gasteiger partial charge is 0.249 e. The second-order valence-electron chi connectivity index (χ2n) is 6.73. The molecule has 6 heteroatoms. The molecular formula is C18H23N3O3. The Balaban J connectivity index is 1.65. The van der Waals surface area contributed by atoms with Crippen molar-refractivity contribution in [1.82, 2.24) is 10.6 Å². The number of carbonyl (C=O) groups is 2. The number of hydrogen-bond donors (Lipinski definition) is 2. The Morgan fingerprint density at radius 1 is 1.12 bits per heavy atom. The van der Waals surface area contributed by atoms with Crippen LogP contribution in [0.1, 0.15) is 37.2 Å². The lowest BCUT2D eigenvalue weighted by Gasteiger charge is -2.39. The van der Waals surface area contributed by atoms with Gasteiger partial charge in [0.1, 0.15) is 18.4 Å². The summed E-state index contributed by atoms with van der Waals surface area (Å²) in [5, 5.41) is 5.87. The van der Waals surface area contributed by atoms with E-state index >= 15 is 0 Å². The normalized spacial score (nSPS) is 25.0. The van der Waals surface area contributed by atoms with Crippen LogP contribution in [0.4, 0.5) is 5.69 Å². The van der Waals surface area contributed by atoms with Crippen LogP contribution in [0.15, 0.2) is 18.2 Å². The third kappa shape index (κ3) is 2.75. The zero-order valence-corrected chi connectivity index (χ0v) is 13.7. The molecule has 128 valence electrons. The third-order valence-corrected chi connectivity index (χ3v) is 5.28. The molecule has 3 aliphatic heterocycles. The summed E-state index contributed by atoms with van der Waals surface area (Å²) in [6.07, 6.45) is 3.19. The van der Waals surface area contributed by atoms with Crippen LogP contribution < -0.4 is 20.3 Å². The van der Waals surface area contributed by atoms with Crippen LogP contribution in [-0.2, 0) is 9.59 Å². The van der Waals surface area contributed by atoms with E-state index < -0.39 is 0 Å². The minimum Gasteiger partial charge on any atom is -0.489 e. The predicted molar refractivity (Wildman–Crippen MR) is 90.3 cm³/mol. The summed E-state index contributed by atoms with van der Waals surface area (Å²) in [5.74, 6) is 1.07. The summed E-state index contributed by atoms with van der Waals surface area (Å²) in [4.78, 5) is 25.8. The van der Waals surface area contributed by atoms with Gasteiger partial charge in [0, 0.05) is 6.42 Å². The molecule has 0 saturated carbocycles. The quantitative estimate of drug-likeness (QED) is 0.797. The summed E-state index contributed by atoms with van der Waals surface area (Å²) in [6.45, 7) is 3.32. The molecule has 1 atom stereocenters. The number of fused-ring (bicyclic) bond motifs is 1. The largest absolute Gasteiger partial charge is 0.489 e. The molecule has 2 saturated heterocycles. The van der Waals surface area contributed by atoms with Crippen molar-refractivity contribution in [2.24, 2.45) is 0 Å². The molecule has 6 nitrogen and oxygen atoms in total. The predicted octanol–water partition coefficient (Wildman–Crippen LogP) is 1.16. The van der Waals surface area contributed by atoms with Crippen LogP contribution in [-0.4, -0.2) is 44.1 Å². The van der Waals surface area contributed by atoms with Gasteiger partial charge in [0.2, 0.25) is 11.8 Å². The van der Waals surface area contributed by atoms with E-state index in [4.69, 9.17) is 4.74 Å². The van der Waals surface area contributed by atoms with Gasteiger partial charge >= 0.3 is 0 Å². The minimum absolute atomic E-state index is 0.173. The molecule has 3 aliphatic rings. The van der Waals surface area contributed by atoms with Gasteiger partial charge in [-0.05, 0) is 49.9 Å². The summed E-state index contributed by atoms with van der Waals surface area (Å²) >= 11 is 0. The van der Waals surface area contributed by atoms with Crippen molar-refractivity contribution in [1.29, 1.82) is 0 Å². The molecule has 2 amide bonds. The molecule has 0 aromatic heterocycles. The van der Waals surface area contributed by atoms with E-state index in [0.717, 1.165) is 37.4 Å². The van der Waals surface area contributed by atoms with Crippen LogP contribution >= 0.6 is 0 Å². The van der Waals surface area contributed by atoms with Crippen LogP contribution in [0.25, 0.3) is 0 Å². The van der Waals surface area contributed by atoms with Crippen molar-refractivity contribution in [3.8, 4) is 5.75 Å². The van der Waals surface area contributed by atoms with Gasteiger partial charge in [0.05, 0.1) is 12.2 Å². The van der Waals surface area contributed by atoms with Gasteiger partial charge in [-0.2, -0.15) is 0 Å². The van der Waals surface area contributed by atoms with Gasteiger partial charge in [-0.15, -0.1) is 0 Å². The number of ether oxygens (including phenoxy) is 1. The van der Waals surface area contributed by atoms with Crippen LogP contribution in [0.3, 0.4) is 0 Å². The lowest BCUT2D eigenvalue weighted by molar-refractivity contribution is -0.134. The Labute approximate surface area is 141 Å². The van der Waals surface area contributed by atoms with E-state index in [9.17, 15) is 9.59 Å². The number of para-hydroxylation sites is 1. The second kappa shape index (κ2) is 6.43. The molecule has 2 fully saturated rings. The first-order valence-electron chi connectivity index (χ1n) is 8.81. The van der Waals surface area contributed by atoms with Gasteiger partial charge in [-0.3, -0.25) is 14.9 Å². The molecule has 24 heavy (non-hydrogen) atoms. The number of imide groups is 1. The Morgan fingerprint density at radius 3 is 2.75 bits per heavy atom. The molecule has 2 N–H and O–H groups in total. The maximum Gasteiger partial charge on any atom is 0.249 e. The van der Waals surface area contributed by atoms with Crippen LogP contribution in [0.5, 0.6) is 5.75 Å². The maximum absolute atomic E-state index is 12.3. The molecular weight excluding hydrogens is 306 g/mol. The number of carbonyl (C=O) groups excluding carboxylic acids is 2. The van der Waals surface area contributed by atoms with Crippen molar-refractivity contribution in [3.63, 3.8) is 0 Å². The number of benzene rings is 1. The fourth-order valence-corrected chi connectivity index (χ4v) is 4.05. The number of nitrogens with one attached hydrogen (secondary N) is 2. The number of piperidine rings is 2. The average molecular weight is 329 g/mol. The Morgan fingerprint density at radius 2 is 1.96 bits per heavy atom. The number of hydrogen-bond acceptors (Lipinski definition) is 5. The number of rotatable bonds is 2. The zero-order chi connectivity index (χ0) is 16.5. The highest BCUT2D eigenvalue weighted by atomic mass is 16.5. The standard InChI is InChI=1S/C18H23N3O3/c22-16-5-4-15(18(23)20-16)21-10-11-24-17-13(2-1-3-14(17)21)12-6-8-19-9-7-12/h1-3,12,15,19H,4-11H2,(H,20,22,23)/t15-/m0/s1. The topological polar surface area (TPSA) is 70.7 Å². The molecule has 1 aromatic rings. The second-order valence-corrected chi connectivity index (χ2v) is 6.73. The first-order valence-corrected chi connectivity index (χ1v) is 8.81. The molecule has 0 unspecified atom stereocenters. The van der Waals surface area contributed by atoms with E-state index in [-0.39, 0.29) is 17.9 Å². The summed E-state index contributed by atoms with van der Waals surface area (Å²) in [6, 6.07) is 5.96. The van der Waals surface area contributed by atoms with Crippen LogP contribution in [0.2, 0.25) is 0 Å². The zero-order valence-electron chi connectivity index (χ0n) is 13.7. The van der Waals surface area contributed by atoms with Gasteiger partial charge in [-0.1, -0.05) is 12.1 Å². The average Bonchev–Trinajstić information content (AvgIpc) is 2.62. The third-order valence-electron chi connectivity index (χ3n) is 5.28. The molecule has 0 spiro atoms. The highest BCUT2D eigenvalue weighted by molar-refractivity contribution is 6.01. The van der Waals surface area contributed by atoms with Gasteiger partial charge < -0.3 is 15.0 Å². The number of nitrogens with zero attached hydrogens (tertiary/aromatic N) is 1. The van der Waals surface area contributed by atoms with E-state index in [1.165, 1.54) is 5.56 Å². The first-order chi connectivity index (χ1) is 11.7. The lowest BCUT2D eigenvalue weighted by atomic mass is 9.88. The van der Waals surface area contributed by atoms with E-state index in [1.807, 2.05) is 6.07 Å². The Hall–Kier alpha value is -2.08. The van der Waals surface area contributed by atoms with Crippen molar-refractivity contribution in [2.45, 2.75) is 37.6 Å². The fourth-order valence-electron chi connectivity index (χ4n) is 4.05. The van der Waals surface area contributed by atoms with E-state index in [2.05, 4.69) is 27.7 Å². The SMILES string of the molecule is O=C1CC[C@H](N2CCOc3c(C4CCNCC4)cccc32)C(=O)N1. The fraction of sp³-hybridized carbons (Fsp3) is 0.556. The molecule has 1 aromatic carbocycles.